The number of hydrogen-bond donors (Lipinski definition) is 1. The van der Waals surface area contributed by atoms with Crippen molar-refractivity contribution >= 4 is 0 Å². The van der Waals surface area contributed by atoms with E-state index in [0.29, 0.717) is 11.1 Å². The molecule has 1 atom stereocenters. The first kappa shape index (κ1) is 14.7. The Morgan fingerprint density at radius 1 is 1.15 bits per heavy atom. The SMILES string of the molecule is CCCc1cccc(C(O)c2c(F)ccc(C)c2F)c1. The third kappa shape index (κ3) is 2.88. The molecule has 0 aliphatic heterocycles. The Morgan fingerprint density at radius 3 is 2.60 bits per heavy atom. The van der Waals surface area contributed by atoms with Crippen LogP contribution in [0.4, 0.5) is 8.78 Å². The Labute approximate surface area is 117 Å². The molecule has 0 aromatic heterocycles. The maximum absolute atomic E-state index is 14.0. The van der Waals surface area contributed by atoms with Crippen LogP contribution in [0.15, 0.2) is 36.4 Å². The smallest absolute Gasteiger partial charge is 0.135 e. The molecular formula is C17H18F2O. The van der Waals surface area contributed by atoms with Gasteiger partial charge in [-0.1, -0.05) is 43.7 Å². The molecule has 2 rings (SSSR count). The third-order valence-electron chi connectivity index (χ3n) is 3.40. The molecule has 3 heteroatoms. The lowest BCUT2D eigenvalue weighted by Gasteiger charge is -2.15. The molecular weight excluding hydrogens is 258 g/mol. The molecule has 0 heterocycles. The molecule has 0 radical (unpaired) electrons. The van der Waals surface area contributed by atoms with Crippen molar-refractivity contribution in [2.75, 3.05) is 0 Å². The molecule has 0 aliphatic carbocycles. The van der Waals surface area contributed by atoms with Crippen molar-refractivity contribution in [3.05, 3.63) is 70.3 Å². The summed E-state index contributed by atoms with van der Waals surface area (Å²) in [5.41, 5.74) is 1.61. The normalized spacial score (nSPS) is 12.4. The van der Waals surface area contributed by atoms with E-state index in [4.69, 9.17) is 0 Å². The molecule has 0 spiro atoms. The number of benzene rings is 2. The fourth-order valence-electron chi connectivity index (χ4n) is 2.30. The van der Waals surface area contributed by atoms with Gasteiger partial charge < -0.3 is 5.11 Å². The minimum absolute atomic E-state index is 0.279. The van der Waals surface area contributed by atoms with Crippen LogP contribution in [-0.2, 0) is 6.42 Å². The molecule has 1 N–H and O–H groups in total. The fourth-order valence-corrected chi connectivity index (χ4v) is 2.30. The number of hydrogen-bond acceptors (Lipinski definition) is 1. The molecule has 2 aromatic carbocycles. The lowest BCUT2D eigenvalue weighted by Crippen LogP contribution is -2.07. The highest BCUT2D eigenvalue weighted by molar-refractivity contribution is 5.36. The van der Waals surface area contributed by atoms with Crippen LogP contribution < -0.4 is 0 Å². The van der Waals surface area contributed by atoms with Crippen LogP contribution >= 0.6 is 0 Å². The van der Waals surface area contributed by atoms with Crippen LogP contribution in [0.1, 0.15) is 41.7 Å². The minimum Gasteiger partial charge on any atom is -0.383 e. The van der Waals surface area contributed by atoms with Crippen LogP contribution in [-0.4, -0.2) is 5.11 Å². The van der Waals surface area contributed by atoms with Gasteiger partial charge in [-0.05, 0) is 36.1 Å². The summed E-state index contributed by atoms with van der Waals surface area (Å²) in [5.74, 6) is -1.40. The van der Waals surface area contributed by atoms with Gasteiger partial charge in [0.1, 0.15) is 17.7 Å². The van der Waals surface area contributed by atoms with Gasteiger partial charge in [-0.15, -0.1) is 0 Å². The monoisotopic (exact) mass is 276 g/mol. The highest BCUT2D eigenvalue weighted by Gasteiger charge is 2.21. The average molecular weight is 276 g/mol. The van der Waals surface area contributed by atoms with E-state index >= 15 is 0 Å². The molecule has 0 saturated heterocycles. The summed E-state index contributed by atoms with van der Waals surface area (Å²) in [6.45, 7) is 3.61. The van der Waals surface area contributed by atoms with Gasteiger partial charge in [-0.2, -0.15) is 0 Å². The Bertz CT molecular complexity index is 608. The Morgan fingerprint density at radius 2 is 1.90 bits per heavy atom. The summed E-state index contributed by atoms with van der Waals surface area (Å²) < 4.78 is 27.9. The van der Waals surface area contributed by atoms with Crippen LogP contribution in [0.2, 0.25) is 0 Å². The zero-order valence-corrected chi connectivity index (χ0v) is 11.7. The predicted octanol–water partition coefficient (Wildman–Crippen LogP) is 4.31. The third-order valence-corrected chi connectivity index (χ3v) is 3.40. The van der Waals surface area contributed by atoms with Gasteiger partial charge in [0.05, 0.1) is 5.56 Å². The van der Waals surface area contributed by atoms with Crippen molar-refractivity contribution in [2.24, 2.45) is 0 Å². The van der Waals surface area contributed by atoms with Gasteiger partial charge in [-0.25, -0.2) is 8.78 Å². The fraction of sp³-hybridized carbons (Fsp3) is 0.294. The minimum atomic E-state index is -1.29. The van der Waals surface area contributed by atoms with E-state index in [9.17, 15) is 13.9 Å². The van der Waals surface area contributed by atoms with Gasteiger partial charge in [0.15, 0.2) is 0 Å². The van der Waals surface area contributed by atoms with Gasteiger partial charge in [0.25, 0.3) is 0 Å². The van der Waals surface area contributed by atoms with E-state index in [0.717, 1.165) is 18.4 Å². The van der Waals surface area contributed by atoms with Crippen molar-refractivity contribution in [2.45, 2.75) is 32.8 Å². The highest BCUT2D eigenvalue weighted by Crippen LogP contribution is 2.29. The lowest BCUT2D eigenvalue weighted by atomic mass is 9.96. The van der Waals surface area contributed by atoms with E-state index < -0.39 is 17.7 Å². The summed E-state index contributed by atoms with van der Waals surface area (Å²) in [6, 6.07) is 9.79. The lowest BCUT2D eigenvalue weighted by molar-refractivity contribution is 0.208. The summed E-state index contributed by atoms with van der Waals surface area (Å²) in [6.07, 6.45) is 0.568. The molecule has 1 unspecified atom stereocenters. The first-order chi connectivity index (χ1) is 9.54. The van der Waals surface area contributed by atoms with E-state index in [2.05, 4.69) is 6.92 Å². The molecule has 0 amide bonds. The number of aliphatic hydroxyl groups is 1. The van der Waals surface area contributed by atoms with E-state index in [1.807, 2.05) is 6.07 Å². The molecule has 106 valence electrons. The quantitative estimate of drug-likeness (QED) is 0.882. The van der Waals surface area contributed by atoms with Crippen molar-refractivity contribution in [1.29, 1.82) is 0 Å². The summed E-state index contributed by atoms with van der Waals surface area (Å²) in [5, 5.41) is 10.3. The highest BCUT2D eigenvalue weighted by atomic mass is 19.1. The molecule has 0 bridgehead atoms. The van der Waals surface area contributed by atoms with E-state index in [1.54, 1.807) is 25.1 Å². The summed E-state index contributed by atoms with van der Waals surface area (Å²) >= 11 is 0. The van der Waals surface area contributed by atoms with Crippen LogP contribution in [0.3, 0.4) is 0 Å². The van der Waals surface area contributed by atoms with Gasteiger partial charge in [0, 0.05) is 0 Å². The summed E-state index contributed by atoms with van der Waals surface area (Å²) in [7, 11) is 0. The Kier molecular flexibility index (Phi) is 4.50. The second kappa shape index (κ2) is 6.14. The average Bonchev–Trinajstić information content (AvgIpc) is 2.44. The van der Waals surface area contributed by atoms with E-state index in [-0.39, 0.29) is 5.56 Å². The molecule has 0 saturated carbocycles. The molecule has 0 aliphatic rings. The second-order valence-electron chi connectivity index (χ2n) is 4.99. The van der Waals surface area contributed by atoms with Crippen molar-refractivity contribution in [3.8, 4) is 0 Å². The van der Waals surface area contributed by atoms with Gasteiger partial charge in [0.2, 0.25) is 0 Å². The molecule has 0 fully saturated rings. The Balaban J connectivity index is 2.43. The molecule has 1 nitrogen and oxygen atoms in total. The molecule has 20 heavy (non-hydrogen) atoms. The van der Waals surface area contributed by atoms with Gasteiger partial charge >= 0.3 is 0 Å². The van der Waals surface area contributed by atoms with Crippen LogP contribution in [0, 0.1) is 18.6 Å². The second-order valence-corrected chi connectivity index (χ2v) is 4.99. The maximum atomic E-state index is 14.0. The largest absolute Gasteiger partial charge is 0.383 e. The zero-order valence-electron chi connectivity index (χ0n) is 11.7. The first-order valence-electron chi connectivity index (χ1n) is 6.76. The number of aliphatic hydroxyl groups excluding tert-OH is 1. The maximum Gasteiger partial charge on any atom is 0.135 e. The number of rotatable bonds is 4. The molecule has 2 aromatic rings. The number of halogens is 2. The topological polar surface area (TPSA) is 20.2 Å². The zero-order chi connectivity index (χ0) is 14.7. The van der Waals surface area contributed by atoms with Crippen LogP contribution in [0.25, 0.3) is 0 Å². The van der Waals surface area contributed by atoms with Gasteiger partial charge in [-0.3, -0.25) is 0 Å². The van der Waals surface area contributed by atoms with Crippen molar-refractivity contribution in [3.63, 3.8) is 0 Å². The van der Waals surface area contributed by atoms with E-state index in [1.165, 1.54) is 12.1 Å². The predicted molar refractivity (Wildman–Crippen MR) is 75.6 cm³/mol. The van der Waals surface area contributed by atoms with Crippen molar-refractivity contribution < 1.29 is 13.9 Å². The first-order valence-corrected chi connectivity index (χ1v) is 6.76. The van der Waals surface area contributed by atoms with Crippen molar-refractivity contribution in [1.82, 2.24) is 0 Å². The number of aryl methyl sites for hydroxylation is 2. The van der Waals surface area contributed by atoms with Crippen LogP contribution in [0.5, 0.6) is 0 Å². The standard InChI is InChI=1S/C17H18F2O/c1-3-5-12-6-4-7-13(10-12)17(20)15-14(18)9-8-11(2)16(15)19/h4,6-10,17,20H,3,5H2,1-2H3. The Hall–Kier alpha value is -1.74. The summed E-state index contributed by atoms with van der Waals surface area (Å²) in [4.78, 5) is 0.